The first-order valence-electron chi connectivity index (χ1n) is 16.2. The van der Waals surface area contributed by atoms with Gasteiger partial charge in [0.25, 0.3) is 0 Å². The molecule has 2 aromatic heterocycles. The minimum Gasteiger partial charge on any atom is -0.397 e. The molecule has 0 radical (unpaired) electrons. The van der Waals surface area contributed by atoms with E-state index in [1.54, 1.807) is 28.0 Å². The van der Waals surface area contributed by atoms with Gasteiger partial charge in [0.1, 0.15) is 17.8 Å². The summed E-state index contributed by atoms with van der Waals surface area (Å²) in [5.41, 5.74) is 10.9. The van der Waals surface area contributed by atoms with Gasteiger partial charge in [-0.1, -0.05) is 30.3 Å². The van der Waals surface area contributed by atoms with Gasteiger partial charge >= 0.3 is 0 Å². The van der Waals surface area contributed by atoms with Crippen LogP contribution in [-0.4, -0.2) is 99.6 Å². The van der Waals surface area contributed by atoms with Crippen LogP contribution in [0.2, 0.25) is 0 Å². The number of hydrogen-bond donors (Lipinski definition) is 2. The maximum absolute atomic E-state index is 13.7. The van der Waals surface area contributed by atoms with Gasteiger partial charge in [0.2, 0.25) is 11.8 Å². The molecule has 5 heterocycles. The molecule has 0 spiro atoms. The fourth-order valence-electron chi connectivity index (χ4n) is 6.59. The number of rotatable bonds is 9. The second-order valence-corrected chi connectivity index (χ2v) is 12.3. The summed E-state index contributed by atoms with van der Waals surface area (Å²) in [6.07, 6.45) is 6.85. The molecule has 0 unspecified atom stereocenters. The highest BCUT2D eigenvalue weighted by molar-refractivity contribution is 6.03. The van der Waals surface area contributed by atoms with E-state index in [-0.39, 0.29) is 23.7 Å². The molecule has 46 heavy (non-hydrogen) atoms. The number of nitrogen functional groups attached to an aromatic ring is 1. The van der Waals surface area contributed by atoms with Crippen LogP contribution in [0.4, 0.5) is 11.5 Å². The Morgan fingerprint density at radius 3 is 2.48 bits per heavy atom. The molecule has 0 bridgehead atoms. The van der Waals surface area contributed by atoms with Crippen molar-refractivity contribution in [2.45, 2.75) is 32.6 Å². The largest absolute Gasteiger partial charge is 0.397 e. The molecule has 0 saturated carbocycles. The summed E-state index contributed by atoms with van der Waals surface area (Å²) in [6.45, 7) is 6.42. The number of benzene rings is 1. The lowest BCUT2D eigenvalue weighted by atomic mass is 9.92. The van der Waals surface area contributed by atoms with Crippen LogP contribution in [0, 0.1) is 17.2 Å². The Labute approximate surface area is 269 Å². The Hall–Kier alpha value is -4.42. The molecule has 3 aromatic rings. The maximum Gasteiger partial charge on any atom is 0.237 e. The first-order chi connectivity index (χ1) is 22.3. The molecule has 3 N–H and O–H groups in total. The lowest BCUT2D eigenvalue weighted by Crippen LogP contribution is -2.42. The quantitative estimate of drug-likeness (QED) is 0.345. The molecular formula is C34H43N9O3. The van der Waals surface area contributed by atoms with Crippen molar-refractivity contribution >= 4 is 34.6 Å². The molecular weight excluding hydrogens is 582 g/mol. The van der Waals surface area contributed by atoms with Gasteiger partial charge in [-0.15, -0.1) is 0 Å². The number of ether oxygens (including phenoxy) is 1. The van der Waals surface area contributed by atoms with Gasteiger partial charge in [0.15, 0.2) is 5.82 Å². The standard InChI is InChI=1S/C34H43N9O3/c1-3-43(29-9-8-28(35)32(38-29)31(36)25-13-18-46-19-14-25)34(45)27-10-15-41(20-27)21-30(44)42-16-11-24(12-17-42)23-4-6-26(7-5-23)33-37-22-40(2)39-33/h4-9,11,22,25,27,36H,3,10,12-21,35H2,1-2H3/t27-/m1/s1. The minimum atomic E-state index is -0.220. The molecule has 12 heteroatoms. The van der Waals surface area contributed by atoms with Gasteiger partial charge in [-0.25, -0.2) is 9.97 Å². The van der Waals surface area contributed by atoms with Crippen molar-refractivity contribution in [3.8, 4) is 11.4 Å². The van der Waals surface area contributed by atoms with E-state index in [1.165, 1.54) is 5.57 Å². The van der Waals surface area contributed by atoms with E-state index in [1.807, 2.05) is 31.0 Å². The van der Waals surface area contributed by atoms with E-state index >= 15 is 0 Å². The van der Waals surface area contributed by atoms with Crippen molar-refractivity contribution < 1.29 is 14.3 Å². The molecule has 12 nitrogen and oxygen atoms in total. The van der Waals surface area contributed by atoms with Gasteiger partial charge in [-0.05, 0) is 62.4 Å². The monoisotopic (exact) mass is 625 g/mol. The second kappa shape index (κ2) is 13.9. The normalized spacial score (nSPS) is 19.2. The van der Waals surface area contributed by atoms with E-state index < -0.39 is 0 Å². The molecule has 6 rings (SSSR count). The Kier molecular flexibility index (Phi) is 9.55. The Morgan fingerprint density at radius 2 is 1.80 bits per heavy atom. The van der Waals surface area contributed by atoms with E-state index in [9.17, 15) is 9.59 Å². The molecule has 1 atom stereocenters. The number of likely N-dealkylation sites (tertiary alicyclic amines) is 1. The second-order valence-electron chi connectivity index (χ2n) is 12.3. The van der Waals surface area contributed by atoms with Crippen molar-refractivity contribution in [2.24, 2.45) is 18.9 Å². The number of aromatic nitrogens is 4. The first kappa shape index (κ1) is 31.6. The number of anilines is 2. The molecule has 3 aliphatic heterocycles. The minimum absolute atomic E-state index is 0.00587. The van der Waals surface area contributed by atoms with Crippen LogP contribution in [0.5, 0.6) is 0 Å². The summed E-state index contributed by atoms with van der Waals surface area (Å²) in [7, 11) is 1.85. The number of nitrogens with one attached hydrogen (secondary N) is 1. The predicted octanol–water partition coefficient (Wildman–Crippen LogP) is 3.24. The Bertz CT molecular complexity index is 1610. The maximum atomic E-state index is 13.7. The zero-order valence-electron chi connectivity index (χ0n) is 26.7. The third-order valence-corrected chi connectivity index (χ3v) is 9.31. The van der Waals surface area contributed by atoms with Crippen LogP contribution in [-0.2, 0) is 21.4 Å². The van der Waals surface area contributed by atoms with Crippen molar-refractivity contribution in [3.05, 3.63) is 60.1 Å². The molecule has 3 aliphatic rings. The van der Waals surface area contributed by atoms with Crippen LogP contribution in [0.1, 0.15) is 43.9 Å². The number of nitrogens with zero attached hydrogens (tertiary/aromatic N) is 7. The molecule has 1 aromatic carbocycles. The lowest BCUT2D eigenvalue weighted by molar-refractivity contribution is -0.132. The lowest BCUT2D eigenvalue weighted by Gasteiger charge is -2.29. The smallest absolute Gasteiger partial charge is 0.237 e. The van der Waals surface area contributed by atoms with Crippen LogP contribution >= 0.6 is 0 Å². The predicted molar refractivity (Wildman–Crippen MR) is 177 cm³/mol. The van der Waals surface area contributed by atoms with Crippen molar-refractivity contribution in [1.82, 2.24) is 29.5 Å². The number of nitrogens with two attached hydrogens (primary N) is 1. The van der Waals surface area contributed by atoms with Gasteiger partial charge in [-0.2, -0.15) is 5.10 Å². The molecule has 2 amide bonds. The summed E-state index contributed by atoms with van der Waals surface area (Å²) in [4.78, 5) is 41.7. The van der Waals surface area contributed by atoms with E-state index in [0.717, 1.165) is 30.4 Å². The van der Waals surface area contributed by atoms with Gasteiger partial charge < -0.3 is 20.8 Å². The number of carbonyl (C=O) groups excluding carboxylic acids is 2. The van der Waals surface area contributed by atoms with Crippen LogP contribution in [0.25, 0.3) is 17.0 Å². The van der Waals surface area contributed by atoms with E-state index in [0.29, 0.717) is 87.6 Å². The fraction of sp³-hybridized carbons (Fsp3) is 0.471. The van der Waals surface area contributed by atoms with Crippen molar-refractivity contribution in [3.63, 3.8) is 0 Å². The summed E-state index contributed by atoms with van der Waals surface area (Å²) in [6, 6.07) is 11.8. The highest BCUT2D eigenvalue weighted by atomic mass is 16.5. The third-order valence-electron chi connectivity index (χ3n) is 9.31. The highest BCUT2D eigenvalue weighted by Crippen LogP contribution is 2.28. The Balaban J connectivity index is 1.02. The number of pyridine rings is 1. The molecule has 2 fully saturated rings. The average molecular weight is 626 g/mol. The number of hydrogen-bond acceptors (Lipinski definition) is 9. The summed E-state index contributed by atoms with van der Waals surface area (Å²) in [5, 5.41) is 13.1. The zero-order chi connectivity index (χ0) is 32.2. The summed E-state index contributed by atoms with van der Waals surface area (Å²) >= 11 is 0. The summed E-state index contributed by atoms with van der Waals surface area (Å²) in [5.74, 6) is 1.13. The van der Waals surface area contributed by atoms with E-state index in [4.69, 9.17) is 20.9 Å². The van der Waals surface area contributed by atoms with Gasteiger partial charge in [0.05, 0.1) is 23.9 Å². The first-order valence-corrected chi connectivity index (χ1v) is 16.2. The SMILES string of the molecule is CCN(C(=O)[C@@H]1CCN(CC(=O)N2CC=C(c3ccc(-c4ncn(C)n4)cc3)CC2)C1)c1ccc(N)c(C(=N)C2CCOCC2)n1. The number of amides is 2. The Morgan fingerprint density at radius 1 is 1.04 bits per heavy atom. The molecule has 242 valence electrons. The zero-order valence-corrected chi connectivity index (χ0v) is 26.7. The highest BCUT2D eigenvalue weighted by Gasteiger charge is 2.34. The van der Waals surface area contributed by atoms with Crippen LogP contribution in [0.3, 0.4) is 0 Å². The van der Waals surface area contributed by atoms with Gasteiger partial charge in [-0.3, -0.25) is 24.1 Å². The van der Waals surface area contributed by atoms with Crippen LogP contribution < -0.4 is 10.6 Å². The fourth-order valence-corrected chi connectivity index (χ4v) is 6.59. The topological polar surface area (TPSA) is 147 Å². The summed E-state index contributed by atoms with van der Waals surface area (Å²) < 4.78 is 7.14. The number of carbonyl (C=O) groups is 2. The molecule has 0 aliphatic carbocycles. The van der Waals surface area contributed by atoms with Crippen molar-refractivity contribution in [2.75, 3.05) is 63.1 Å². The van der Waals surface area contributed by atoms with Crippen molar-refractivity contribution in [1.29, 1.82) is 5.41 Å². The average Bonchev–Trinajstić information content (AvgIpc) is 3.75. The van der Waals surface area contributed by atoms with E-state index in [2.05, 4.69) is 33.2 Å². The van der Waals surface area contributed by atoms with Crippen LogP contribution in [0.15, 0.2) is 48.8 Å². The third kappa shape index (κ3) is 6.87. The molecule has 2 saturated heterocycles. The van der Waals surface area contributed by atoms with Gasteiger partial charge in [0, 0.05) is 57.9 Å². The number of aryl methyl sites for hydroxylation is 1.